The first-order valence-electron chi connectivity index (χ1n) is 3.91. The number of hydrogen-bond donors (Lipinski definition) is 1. The summed E-state index contributed by atoms with van der Waals surface area (Å²) in [6, 6.07) is 0. The molecule has 0 unspecified atom stereocenters. The van der Waals surface area contributed by atoms with Crippen LogP contribution in [0.25, 0.3) is 0 Å². The van der Waals surface area contributed by atoms with E-state index in [9.17, 15) is 0 Å². The normalized spacial score (nSPS) is 19.8. The molecule has 1 heterocycles. The summed E-state index contributed by atoms with van der Waals surface area (Å²) < 4.78 is 0. The van der Waals surface area contributed by atoms with Crippen molar-refractivity contribution in [2.45, 2.75) is 26.7 Å². The molecule has 0 saturated carbocycles. The van der Waals surface area contributed by atoms with E-state index in [1.165, 1.54) is 24.1 Å². The Kier molecular flexibility index (Phi) is 2.55. The van der Waals surface area contributed by atoms with Crippen LogP contribution in [0.3, 0.4) is 0 Å². The average Bonchev–Trinajstić information content (AvgIpc) is 1.94. The Labute approximate surface area is 62.8 Å². The molecule has 0 aromatic carbocycles. The third-order valence-electron chi connectivity index (χ3n) is 1.86. The lowest BCUT2D eigenvalue weighted by atomic mass is 10.0. The maximum absolute atomic E-state index is 3.35. The third-order valence-corrected chi connectivity index (χ3v) is 1.86. The monoisotopic (exact) mass is 137 g/mol. The molecule has 0 radical (unpaired) electrons. The van der Waals surface area contributed by atoms with Crippen molar-refractivity contribution in [3.63, 3.8) is 0 Å². The molecule has 0 spiro atoms. The number of hydrogen-bond acceptors (Lipinski definition) is 1. The second-order valence-electron chi connectivity index (χ2n) is 2.68. The maximum atomic E-state index is 3.35. The van der Waals surface area contributed by atoms with E-state index in [4.69, 9.17) is 0 Å². The molecule has 1 aliphatic heterocycles. The van der Waals surface area contributed by atoms with Gasteiger partial charge in [-0.15, -0.1) is 0 Å². The highest BCUT2D eigenvalue weighted by atomic mass is 14.9. The first-order valence-corrected chi connectivity index (χ1v) is 3.91. The number of nitrogens with one attached hydrogen (secondary N) is 1. The van der Waals surface area contributed by atoms with Crippen LogP contribution in [0.4, 0.5) is 0 Å². The van der Waals surface area contributed by atoms with Crippen molar-refractivity contribution in [1.82, 2.24) is 5.32 Å². The molecule has 0 fully saturated rings. The molecule has 0 aromatic heterocycles. The molecule has 1 N–H and O–H groups in total. The Morgan fingerprint density at radius 1 is 1.50 bits per heavy atom. The molecule has 10 heavy (non-hydrogen) atoms. The van der Waals surface area contributed by atoms with Gasteiger partial charge in [0.25, 0.3) is 0 Å². The highest BCUT2D eigenvalue weighted by molar-refractivity contribution is 5.24. The summed E-state index contributed by atoms with van der Waals surface area (Å²) in [5.74, 6) is 0. The highest BCUT2D eigenvalue weighted by Gasteiger charge is 2.03. The fourth-order valence-corrected chi connectivity index (χ4v) is 1.27. The van der Waals surface area contributed by atoms with Gasteiger partial charge in [0, 0.05) is 12.2 Å². The minimum Gasteiger partial charge on any atom is -0.388 e. The van der Waals surface area contributed by atoms with E-state index in [0.717, 1.165) is 6.54 Å². The Balaban J connectivity index is 2.68. The zero-order valence-electron chi connectivity index (χ0n) is 6.78. The Morgan fingerprint density at radius 2 is 2.30 bits per heavy atom. The van der Waals surface area contributed by atoms with Gasteiger partial charge in [0.15, 0.2) is 0 Å². The lowest BCUT2D eigenvalue weighted by molar-refractivity contribution is 0.671. The summed E-state index contributed by atoms with van der Waals surface area (Å²) in [5.41, 5.74) is 2.82. The third kappa shape index (κ3) is 1.63. The lowest BCUT2D eigenvalue weighted by Crippen LogP contribution is -2.18. The standard InChI is InChI=1S/C9H15N/c1-3-5-9-6-4-7-10-8(9)2/h3,5,10H,4,6-7H2,1-2H3/b5-3-. The molecule has 56 valence electrons. The van der Waals surface area contributed by atoms with Crippen molar-refractivity contribution in [3.8, 4) is 0 Å². The van der Waals surface area contributed by atoms with E-state index >= 15 is 0 Å². The molecule has 1 heteroatoms. The summed E-state index contributed by atoms with van der Waals surface area (Å²) in [6.07, 6.45) is 6.81. The predicted molar refractivity (Wildman–Crippen MR) is 44.8 cm³/mol. The van der Waals surface area contributed by atoms with Gasteiger partial charge in [-0.2, -0.15) is 0 Å². The first kappa shape index (κ1) is 7.39. The van der Waals surface area contributed by atoms with Crippen LogP contribution in [0.2, 0.25) is 0 Å². The molecule has 0 saturated heterocycles. The summed E-state index contributed by atoms with van der Waals surface area (Å²) in [6.45, 7) is 5.36. The van der Waals surface area contributed by atoms with E-state index in [2.05, 4.69) is 31.3 Å². The van der Waals surface area contributed by atoms with E-state index in [1.54, 1.807) is 0 Å². The summed E-state index contributed by atoms with van der Waals surface area (Å²) in [7, 11) is 0. The van der Waals surface area contributed by atoms with E-state index < -0.39 is 0 Å². The van der Waals surface area contributed by atoms with Gasteiger partial charge >= 0.3 is 0 Å². The minimum atomic E-state index is 1.15. The quantitative estimate of drug-likeness (QED) is 0.584. The molecular formula is C9H15N. The molecule has 0 aromatic rings. The van der Waals surface area contributed by atoms with E-state index in [0.29, 0.717) is 0 Å². The second-order valence-corrected chi connectivity index (χ2v) is 2.68. The van der Waals surface area contributed by atoms with Crippen LogP contribution in [0.5, 0.6) is 0 Å². The zero-order valence-corrected chi connectivity index (χ0v) is 6.78. The van der Waals surface area contributed by atoms with E-state index in [1.807, 2.05) is 0 Å². The van der Waals surface area contributed by atoms with Crippen LogP contribution in [-0.2, 0) is 0 Å². The smallest absolute Gasteiger partial charge is 0.0147 e. The van der Waals surface area contributed by atoms with Crippen LogP contribution >= 0.6 is 0 Å². The molecule has 0 bridgehead atoms. The van der Waals surface area contributed by atoms with Crippen LogP contribution in [0.15, 0.2) is 23.4 Å². The van der Waals surface area contributed by atoms with E-state index in [-0.39, 0.29) is 0 Å². The predicted octanol–water partition coefficient (Wildman–Crippen LogP) is 2.22. The van der Waals surface area contributed by atoms with Crippen LogP contribution in [0, 0.1) is 0 Å². The lowest BCUT2D eigenvalue weighted by Gasteiger charge is -2.16. The van der Waals surface area contributed by atoms with Crippen molar-refractivity contribution in [1.29, 1.82) is 0 Å². The number of rotatable bonds is 1. The fourth-order valence-electron chi connectivity index (χ4n) is 1.27. The summed E-state index contributed by atoms with van der Waals surface area (Å²) >= 11 is 0. The van der Waals surface area contributed by atoms with Crippen LogP contribution in [0.1, 0.15) is 26.7 Å². The largest absolute Gasteiger partial charge is 0.388 e. The van der Waals surface area contributed by atoms with Gasteiger partial charge in [0.05, 0.1) is 0 Å². The molecule has 0 amide bonds. The first-order chi connectivity index (χ1) is 4.84. The van der Waals surface area contributed by atoms with Gasteiger partial charge in [-0.1, -0.05) is 12.2 Å². The molecule has 1 aliphatic rings. The van der Waals surface area contributed by atoms with Crippen molar-refractivity contribution in [2.75, 3.05) is 6.54 Å². The van der Waals surface area contributed by atoms with Crippen LogP contribution in [-0.4, -0.2) is 6.54 Å². The average molecular weight is 137 g/mol. The fraction of sp³-hybridized carbons (Fsp3) is 0.556. The van der Waals surface area contributed by atoms with Gasteiger partial charge in [0.2, 0.25) is 0 Å². The molecule has 1 rings (SSSR count). The highest BCUT2D eigenvalue weighted by Crippen LogP contribution is 2.14. The van der Waals surface area contributed by atoms with Gasteiger partial charge in [-0.3, -0.25) is 0 Å². The van der Waals surface area contributed by atoms with Gasteiger partial charge < -0.3 is 5.32 Å². The second kappa shape index (κ2) is 3.45. The van der Waals surface area contributed by atoms with Gasteiger partial charge in [0.1, 0.15) is 0 Å². The summed E-state index contributed by atoms with van der Waals surface area (Å²) in [5, 5.41) is 3.35. The van der Waals surface area contributed by atoms with Crippen molar-refractivity contribution >= 4 is 0 Å². The van der Waals surface area contributed by atoms with Crippen molar-refractivity contribution in [3.05, 3.63) is 23.4 Å². The van der Waals surface area contributed by atoms with Crippen LogP contribution < -0.4 is 5.32 Å². The van der Waals surface area contributed by atoms with Crippen molar-refractivity contribution < 1.29 is 0 Å². The van der Waals surface area contributed by atoms with Gasteiger partial charge in [-0.25, -0.2) is 0 Å². The topological polar surface area (TPSA) is 12.0 Å². The SMILES string of the molecule is C/C=C\C1=C(C)NCCC1. The summed E-state index contributed by atoms with van der Waals surface area (Å²) in [4.78, 5) is 0. The molecule has 0 atom stereocenters. The minimum absolute atomic E-state index is 1.15. The molecule has 1 nitrogen and oxygen atoms in total. The zero-order chi connectivity index (χ0) is 7.40. The Morgan fingerprint density at radius 3 is 2.90 bits per heavy atom. The van der Waals surface area contributed by atoms with Gasteiger partial charge in [-0.05, 0) is 32.3 Å². The Bertz CT molecular complexity index is 166. The molecule has 0 aliphatic carbocycles. The number of allylic oxidation sites excluding steroid dienone is 4. The van der Waals surface area contributed by atoms with Crippen molar-refractivity contribution in [2.24, 2.45) is 0 Å². The Hall–Kier alpha value is -0.720. The maximum Gasteiger partial charge on any atom is 0.0147 e. The molecular weight excluding hydrogens is 122 g/mol.